The molecule has 30 heavy (non-hydrogen) atoms. The molecule has 0 radical (unpaired) electrons. The molecule has 1 aromatic carbocycles. The van der Waals surface area contributed by atoms with Crippen LogP contribution in [0.2, 0.25) is 0 Å². The monoisotopic (exact) mass is 405 g/mol. The third-order valence-electron chi connectivity index (χ3n) is 6.19. The number of carbonyl (C=O) groups excluding carboxylic acids is 2. The van der Waals surface area contributed by atoms with Gasteiger partial charge in [-0.2, -0.15) is 0 Å². The normalized spacial score (nSPS) is 23.7. The maximum Gasteiger partial charge on any atom is 0.327 e. The summed E-state index contributed by atoms with van der Waals surface area (Å²) in [7, 11) is 1.45. The van der Waals surface area contributed by atoms with E-state index in [1.54, 1.807) is 24.5 Å². The molecule has 156 valence electrons. The number of nitrogens with one attached hydrogen (secondary N) is 1. The molecule has 2 fully saturated rings. The summed E-state index contributed by atoms with van der Waals surface area (Å²) in [6, 6.07) is 13.2. The Balaban J connectivity index is 1.23. The van der Waals surface area contributed by atoms with Crippen LogP contribution in [0, 0.1) is 17.8 Å². The van der Waals surface area contributed by atoms with Crippen molar-refractivity contribution >= 4 is 18.0 Å². The van der Waals surface area contributed by atoms with E-state index in [9.17, 15) is 9.59 Å². The maximum absolute atomic E-state index is 12.4. The number of nitrogens with zero attached hydrogens (tertiary/aromatic N) is 2. The minimum Gasteiger partial charge on any atom is -0.468 e. The van der Waals surface area contributed by atoms with Gasteiger partial charge in [0.25, 0.3) is 0 Å². The molecule has 1 N–H and O–H groups in total. The van der Waals surface area contributed by atoms with Crippen molar-refractivity contribution in [3.63, 3.8) is 0 Å². The van der Waals surface area contributed by atoms with Gasteiger partial charge in [-0.25, -0.2) is 4.79 Å². The number of amides is 1. The third-order valence-corrected chi connectivity index (χ3v) is 6.19. The Hall–Kier alpha value is -2.99. The minimum atomic E-state index is -0.332. The molecule has 3 unspecified atom stereocenters. The first kappa shape index (κ1) is 20.3. The van der Waals surface area contributed by atoms with E-state index >= 15 is 0 Å². The van der Waals surface area contributed by atoms with E-state index in [1.807, 2.05) is 42.5 Å². The highest BCUT2D eigenvalue weighted by atomic mass is 16.5. The van der Waals surface area contributed by atoms with Crippen LogP contribution in [0.3, 0.4) is 0 Å². The molecule has 1 aliphatic carbocycles. The summed E-state index contributed by atoms with van der Waals surface area (Å²) >= 11 is 0. The van der Waals surface area contributed by atoms with Gasteiger partial charge in [0, 0.05) is 38.1 Å². The molecule has 6 heteroatoms. The lowest BCUT2D eigenvalue weighted by Crippen LogP contribution is -2.35. The predicted molar refractivity (Wildman–Crippen MR) is 114 cm³/mol. The molecule has 1 amide bonds. The van der Waals surface area contributed by atoms with Crippen molar-refractivity contribution in [1.82, 2.24) is 15.2 Å². The molecule has 2 aromatic rings. The Morgan fingerprint density at radius 3 is 2.63 bits per heavy atom. The van der Waals surface area contributed by atoms with E-state index < -0.39 is 0 Å². The summed E-state index contributed by atoms with van der Waals surface area (Å²) in [6.07, 6.45) is 7.72. The summed E-state index contributed by atoms with van der Waals surface area (Å²) < 4.78 is 5.06. The Kier molecular flexibility index (Phi) is 6.23. The van der Waals surface area contributed by atoms with Crippen molar-refractivity contribution in [2.75, 3.05) is 26.7 Å². The summed E-state index contributed by atoms with van der Waals surface area (Å²) in [6.45, 7) is 2.48. The number of fused-ring (bicyclic) bond motifs is 1. The maximum atomic E-state index is 12.4. The Morgan fingerprint density at radius 1 is 1.20 bits per heavy atom. The van der Waals surface area contributed by atoms with E-state index in [0.717, 1.165) is 30.6 Å². The molecule has 2 heterocycles. The summed E-state index contributed by atoms with van der Waals surface area (Å²) in [4.78, 5) is 30.7. The summed E-state index contributed by atoms with van der Waals surface area (Å²) in [5.74, 6) is 1.54. The summed E-state index contributed by atoms with van der Waals surface area (Å²) in [5.41, 5.74) is 1.89. The van der Waals surface area contributed by atoms with Crippen molar-refractivity contribution in [3.8, 4) is 0 Å². The molecule has 4 rings (SSSR count). The van der Waals surface area contributed by atoms with Gasteiger partial charge in [-0.1, -0.05) is 36.4 Å². The van der Waals surface area contributed by atoms with Crippen LogP contribution in [-0.4, -0.2) is 48.5 Å². The second-order valence-corrected chi connectivity index (χ2v) is 7.98. The fourth-order valence-electron chi connectivity index (χ4n) is 4.63. The first-order valence-electron chi connectivity index (χ1n) is 10.4. The van der Waals surface area contributed by atoms with Crippen molar-refractivity contribution in [1.29, 1.82) is 0 Å². The van der Waals surface area contributed by atoms with Crippen LogP contribution in [0.4, 0.5) is 0 Å². The number of ether oxygens (including phenoxy) is 1. The SMILES string of the molecule is COC(=O)C(c1ccccc1)N1CC2C(CCNC(=O)/C=C/c3cccnc3)C2C1. The van der Waals surface area contributed by atoms with Gasteiger partial charge in [-0.3, -0.25) is 14.7 Å². The highest BCUT2D eigenvalue weighted by Crippen LogP contribution is 2.55. The largest absolute Gasteiger partial charge is 0.468 e. The Morgan fingerprint density at radius 2 is 1.97 bits per heavy atom. The van der Waals surface area contributed by atoms with Gasteiger partial charge in [0.15, 0.2) is 0 Å². The smallest absolute Gasteiger partial charge is 0.327 e. The molecule has 6 nitrogen and oxygen atoms in total. The van der Waals surface area contributed by atoms with Crippen molar-refractivity contribution < 1.29 is 14.3 Å². The van der Waals surface area contributed by atoms with Crippen LogP contribution in [0.5, 0.6) is 0 Å². The molecule has 1 saturated carbocycles. The van der Waals surface area contributed by atoms with Gasteiger partial charge in [-0.05, 0) is 47.4 Å². The number of hydrogen-bond donors (Lipinski definition) is 1. The topological polar surface area (TPSA) is 71.5 Å². The van der Waals surface area contributed by atoms with Gasteiger partial charge < -0.3 is 10.1 Å². The van der Waals surface area contributed by atoms with Crippen LogP contribution in [0.15, 0.2) is 60.9 Å². The zero-order chi connectivity index (χ0) is 20.9. The van der Waals surface area contributed by atoms with Crippen molar-refractivity contribution in [3.05, 3.63) is 72.1 Å². The molecule has 0 bridgehead atoms. The molecule has 0 spiro atoms. The lowest BCUT2D eigenvalue weighted by atomic mass is 10.0. The van der Waals surface area contributed by atoms with E-state index in [2.05, 4.69) is 15.2 Å². The van der Waals surface area contributed by atoms with Crippen LogP contribution in [-0.2, 0) is 14.3 Å². The third kappa shape index (κ3) is 4.60. The predicted octanol–water partition coefficient (Wildman–Crippen LogP) is 2.69. The molecular weight excluding hydrogens is 378 g/mol. The zero-order valence-electron chi connectivity index (χ0n) is 17.1. The number of hydrogen-bond acceptors (Lipinski definition) is 5. The van der Waals surface area contributed by atoms with Gasteiger partial charge >= 0.3 is 5.97 Å². The van der Waals surface area contributed by atoms with Crippen molar-refractivity contribution in [2.45, 2.75) is 12.5 Å². The quantitative estimate of drug-likeness (QED) is 0.540. The number of methoxy groups -OCH3 is 1. The van der Waals surface area contributed by atoms with Gasteiger partial charge in [-0.15, -0.1) is 0 Å². The van der Waals surface area contributed by atoms with Gasteiger partial charge in [0.1, 0.15) is 6.04 Å². The van der Waals surface area contributed by atoms with E-state index in [0.29, 0.717) is 24.3 Å². The summed E-state index contributed by atoms with van der Waals surface area (Å²) in [5, 5.41) is 2.97. The van der Waals surface area contributed by atoms with E-state index in [1.165, 1.54) is 7.11 Å². The fourth-order valence-corrected chi connectivity index (χ4v) is 4.63. The number of piperidine rings is 1. The molecule has 1 aliphatic heterocycles. The molecule has 1 aromatic heterocycles. The Labute approximate surface area is 176 Å². The Bertz CT molecular complexity index is 888. The molecular formula is C24H27N3O3. The molecule has 2 aliphatic rings. The zero-order valence-corrected chi connectivity index (χ0v) is 17.1. The second kappa shape index (κ2) is 9.22. The number of carbonyl (C=O) groups is 2. The number of rotatable bonds is 8. The fraction of sp³-hybridized carbons (Fsp3) is 0.375. The highest BCUT2D eigenvalue weighted by Gasteiger charge is 2.56. The standard InChI is InChI=1S/C24H27N3O3/c1-30-24(29)23(18-7-3-2-4-8-18)27-15-20-19(21(20)16-27)11-13-26-22(28)10-9-17-6-5-12-25-14-17/h2-10,12,14,19-21,23H,11,13,15-16H2,1H3,(H,26,28)/b10-9+. The van der Waals surface area contributed by atoms with E-state index in [4.69, 9.17) is 4.74 Å². The number of esters is 1. The lowest BCUT2D eigenvalue weighted by Gasteiger charge is -2.28. The van der Waals surface area contributed by atoms with Crippen molar-refractivity contribution in [2.24, 2.45) is 17.8 Å². The van der Waals surface area contributed by atoms with E-state index in [-0.39, 0.29) is 17.9 Å². The molecule has 3 atom stereocenters. The first-order valence-corrected chi connectivity index (χ1v) is 10.4. The van der Waals surface area contributed by atoms with Crippen LogP contribution in [0.25, 0.3) is 6.08 Å². The molecule has 1 saturated heterocycles. The number of pyridine rings is 1. The highest BCUT2D eigenvalue weighted by molar-refractivity contribution is 5.91. The van der Waals surface area contributed by atoms with Crippen LogP contribution >= 0.6 is 0 Å². The average Bonchev–Trinajstić information content (AvgIpc) is 3.23. The average molecular weight is 405 g/mol. The van der Waals surface area contributed by atoms with Crippen LogP contribution < -0.4 is 5.32 Å². The first-order chi connectivity index (χ1) is 14.7. The van der Waals surface area contributed by atoms with Crippen LogP contribution in [0.1, 0.15) is 23.6 Å². The minimum absolute atomic E-state index is 0.0823. The number of likely N-dealkylation sites (tertiary alicyclic amines) is 1. The number of aromatic nitrogens is 1. The number of benzene rings is 1. The lowest BCUT2D eigenvalue weighted by molar-refractivity contribution is -0.147. The van der Waals surface area contributed by atoms with Gasteiger partial charge in [0.2, 0.25) is 5.91 Å². The van der Waals surface area contributed by atoms with Gasteiger partial charge in [0.05, 0.1) is 7.11 Å². The second-order valence-electron chi connectivity index (χ2n) is 7.98.